The first kappa shape index (κ1) is 18.7. The standard InChI is InChI=1S/C18H19ClN2O4/c1-12(2)14-5-3-4-6-17(14)25-10-9-20-18(22)15-8-7-13(21(23)24)11-16(15)19/h3-8,11-12H,9-10H2,1-2H3,(H,20,22). The van der Waals surface area contributed by atoms with Gasteiger partial charge >= 0.3 is 0 Å². The monoisotopic (exact) mass is 362 g/mol. The maximum atomic E-state index is 12.1. The third-order valence-corrected chi connectivity index (χ3v) is 3.91. The SMILES string of the molecule is CC(C)c1ccccc1OCCNC(=O)c1ccc([N+](=O)[O-])cc1Cl. The number of benzene rings is 2. The summed E-state index contributed by atoms with van der Waals surface area (Å²) < 4.78 is 5.73. The highest BCUT2D eigenvalue weighted by Crippen LogP contribution is 2.25. The lowest BCUT2D eigenvalue weighted by Gasteiger charge is -2.14. The predicted octanol–water partition coefficient (Wildman–Crippen LogP) is 4.18. The molecule has 6 nitrogen and oxygen atoms in total. The fourth-order valence-corrected chi connectivity index (χ4v) is 2.57. The van der Waals surface area contributed by atoms with E-state index in [0.29, 0.717) is 19.1 Å². The van der Waals surface area contributed by atoms with E-state index in [1.165, 1.54) is 12.1 Å². The zero-order valence-electron chi connectivity index (χ0n) is 14.0. The van der Waals surface area contributed by atoms with E-state index < -0.39 is 10.8 Å². The second-order valence-electron chi connectivity index (χ2n) is 5.72. The van der Waals surface area contributed by atoms with E-state index in [0.717, 1.165) is 17.4 Å². The lowest BCUT2D eigenvalue weighted by atomic mass is 10.0. The van der Waals surface area contributed by atoms with Crippen molar-refractivity contribution in [1.29, 1.82) is 0 Å². The Balaban J connectivity index is 1.90. The molecule has 0 bridgehead atoms. The Morgan fingerprint density at radius 3 is 2.64 bits per heavy atom. The van der Waals surface area contributed by atoms with Crippen LogP contribution in [-0.2, 0) is 0 Å². The summed E-state index contributed by atoms with van der Waals surface area (Å²) in [7, 11) is 0. The number of hydrogen-bond donors (Lipinski definition) is 1. The fourth-order valence-electron chi connectivity index (χ4n) is 2.31. The molecule has 0 fully saturated rings. The molecule has 2 aromatic carbocycles. The molecule has 25 heavy (non-hydrogen) atoms. The Morgan fingerprint density at radius 1 is 1.28 bits per heavy atom. The van der Waals surface area contributed by atoms with Gasteiger partial charge in [0.2, 0.25) is 0 Å². The van der Waals surface area contributed by atoms with Crippen molar-refractivity contribution < 1.29 is 14.5 Å². The Morgan fingerprint density at radius 2 is 2.00 bits per heavy atom. The minimum Gasteiger partial charge on any atom is -0.491 e. The minimum atomic E-state index is -0.562. The Bertz CT molecular complexity index is 777. The Kier molecular flexibility index (Phi) is 6.36. The van der Waals surface area contributed by atoms with Gasteiger partial charge in [0.05, 0.1) is 22.1 Å². The van der Waals surface area contributed by atoms with E-state index in [9.17, 15) is 14.9 Å². The minimum absolute atomic E-state index is 0.0396. The summed E-state index contributed by atoms with van der Waals surface area (Å²) in [5.41, 5.74) is 1.14. The lowest BCUT2D eigenvalue weighted by Crippen LogP contribution is -2.28. The first-order chi connectivity index (χ1) is 11.9. The number of ether oxygens (including phenoxy) is 1. The van der Waals surface area contributed by atoms with Crippen LogP contribution < -0.4 is 10.1 Å². The second kappa shape index (κ2) is 8.48. The van der Waals surface area contributed by atoms with Crippen molar-refractivity contribution in [3.05, 3.63) is 68.7 Å². The van der Waals surface area contributed by atoms with Crippen molar-refractivity contribution in [3.63, 3.8) is 0 Å². The quantitative estimate of drug-likeness (QED) is 0.455. The number of carbonyl (C=O) groups is 1. The Hall–Kier alpha value is -2.60. The summed E-state index contributed by atoms with van der Waals surface area (Å²) in [6, 6.07) is 11.5. The van der Waals surface area contributed by atoms with Crippen molar-refractivity contribution in [2.45, 2.75) is 19.8 Å². The number of nitro benzene ring substituents is 1. The number of nitrogens with zero attached hydrogens (tertiary/aromatic N) is 1. The van der Waals surface area contributed by atoms with Crippen molar-refractivity contribution in [2.75, 3.05) is 13.2 Å². The van der Waals surface area contributed by atoms with Gasteiger partial charge in [-0.1, -0.05) is 43.6 Å². The van der Waals surface area contributed by atoms with E-state index in [1.807, 2.05) is 24.3 Å². The molecule has 0 unspecified atom stereocenters. The first-order valence-electron chi connectivity index (χ1n) is 7.84. The van der Waals surface area contributed by atoms with Crippen LogP contribution in [-0.4, -0.2) is 24.0 Å². The third-order valence-electron chi connectivity index (χ3n) is 3.59. The molecule has 0 aliphatic carbocycles. The predicted molar refractivity (Wildman–Crippen MR) is 96.5 cm³/mol. The van der Waals surface area contributed by atoms with E-state index in [-0.39, 0.29) is 16.3 Å². The molecular formula is C18H19ClN2O4. The van der Waals surface area contributed by atoms with Crippen LogP contribution in [0.5, 0.6) is 5.75 Å². The number of non-ortho nitro benzene ring substituents is 1. The van der Waals surface area contributed by atoms with Crippen LogP contribution in [0.2, 0.25) is 5.02 Å². The van der Waals surface area contributed by atoms with Crippen LogP contribution in [0.1, 0.15) is 35.7 Å². The van der Waals surface area contributed by atoms with Crippen molar-refractivity contribution in [1.82, 2.24) is 5.32 Å². The van der Waals surface area contributed by atoms with Gasteiger partial charge in [0.25, 0.3) is 11.6 Å². The van der Waals surface area contributed by atoms with E-state index >= 15 is 0 Å². The van der Waals surface area contributed by atoms with E-state index in [1.54, 1.807) is 0 Å². The molecule has 132 valence electrons. The van der Waals surface area contributed by atoms with Crippen LogP contribution in [0.25, 0.3) is 0 Å². The highest BCUT2D eigenvalue weighted by Gasteiger charge is 2.14. The molecular weight excluding hydrogens is 344 g/mol. The summed E-state index contributed by atoms with van der Waals surface area (Å²) in [6.45, 7) is 4.76. The zero-order chi connectivity index (χ0) is 18.4. The van der Waals surface area contributed by atoms with Gasteiger partial charge in [-0.15, -0.1) is 0 Å². The fraction of sp³-hybridized carbons (Fsp3) is 0.278. The zero-order valence-corrected chi connectivity index (χ0v) is 14.7. The molecule has 2 rings (SSSR count). The topological polar surface area (TPSA) is 81.5 Å². The van der Waals surface area contributed by atoms with Gasteiger partial charge in [0, 0.05) is 12.1 Å². The molecule has 0 aliphatic heterocycles. The summed E-state index contributed by atoms with van der Waals surface area (Å²) in [5.74, 6) is 0.727. The second-order valence-corrected chi connectivity index (χ2v) is 6.13. The summed E-state index contributed by atoms with van der Waals surface area (Å²) in [4.78, 5) is 22.2. The largest absolute Gasteiger partial charge is 0.491 e. The number of nitrogens with one attached hydrogen (secondary N) is 1. The van der Waals surface area contributed by atoms with Gasteiger partial charge in [0.15, 0.2) is 0 Å². The first-order valence-corrected chi connectivity index (χ1v) is 8.21. The number of para-hydroxylation sites is 1. The van der Waals surface area contributed by atoms with Crippen molar-refractivity contribution in [2.24, 2.45) is 0 Å². The normalized spacial score (nSPS) is 10.6. The molecule has 0 aliphatic rings. The maximum Gasteiger partial charge on any atom is 0.270 e. The number of hydrogen-bond acceptors (Lipinski definition) is 4. The van der Waals surface area contributed by atoms with Gasteiger partial charge in [-0.25, -0.2) is 0 Å². The average Bonchev–Trinajstić information content (AvgIpc) is 2.58. The van der Waals surface area contributed by atoms with Crippen LogP contribution in [0.4, 0.5) is 5.69 Å². The molecule has 0 radical (unpaired) electrons. The van der Waals surface area contributed by atoms with Gasteiger partial charge < -0.3 is 10.1 Å². The number of halogens is 1. The molecule has 1 N–H and O–H groups in total. The van der Waals surface area contributed by atoms with Gasteiger partial charge in [0.1, 0.15) is 12.4 Å². The van der Waals surface area contributed by atoms with E-state index in [4.69, 9.17) is 16.3 Å². The van der Waals surface area contributed by atoms with Crippen molar-refractivity contribution >= 4 is 23.2 Å². The molecule has 0 saturated carbocycles. The third kappa shape index (κ3) is 4.93. The Labute approximate surface area is 150 Å². The van der Waals surface area contributed by atoms with Gasteiger partial charge in [-0.3, -0.25) is 14.9 Å². The molecule has 1 amide bonds. The molecule has 0 spiro atoms. The maximum absolute atomic E-state index is 12.1. The number of amides is 1. The smallest absolute Gasteiger partial charge is 0.270 e. The number of nitro groups is 1. The summed E-state index contributed by atoms with van der Waals surface area (Å²) >= 11 is 5.94. The lowest BCUT2D eigenvalue weighted by molar-refractivity contribution is -0.384. The van der Waals surface area contributed by atoms with Gasteiger partial charge in [-0.2, -0.15) is 0 Å². The molecule has 0 heterocycles. The molecule has 0 saturated heterocycles. The summed E-state index contributed by atoms with van der Waals surface area (Å²) in [5, 5.41) is 13.4. The average molecular weight is 363 g/mol. The van der Waals surface area contributed by atoms with Gasteiger partial charge in [-0.05, 0) is 23.6 Å². The number of carbonyl (C=O) groups excluding carboxylic acids is 1. The van der Waals surface area contributed by atoms with Crippen LogP contribution in [0, 0.1) is 10.1 Å². The summed E-state index contributed by atoms with van der Waals surface area (Å²) in [6.07, 6.45) is 0. The van der Waals surface area contributed by atoms with Crippen LogP contribution in [0.3, 0.4) is 0 Å². The molecule has 0 aromatic heterocycles. The molecule has 0 atom stereocenters. The highest BCUT2D eigenvalue weighted by molar-refractivity contribution is 6.34. The van der Waals surface area contributed by atoms with Crippen LogP contribution >= 0.6 is 11.6 Å². The van der Waals surface area contributed by atoms with Crippen molar-refractivity contribution in [3.8, 4) is 5.75 Å². The molecule has 7 heteroatoms. The van der Waals surface area contributed by atoms with E-state index in [2.05, 4.69) is 19.2 Å². The highest BCUT2D eigenvalue weighted by atomic mass is 35.5. The number of rotatable bonds is 7. The molecule has 2 aromatic rings. The van der Waals surface area contributed by atoms with Crippen LogP contribution in [0.15, 0.2) is 42.5 Å².